The third-order valence-corrected chi connectivity index (χ3v) is 5.39. The molecule has 0 aliphatic rings. The quantitative estimate of drug-likeness (QED) is 0.110. The van der Waals surface area contributed by atoms with Crippen LogP contribution < -0.4 is 20.1 Å². The average Bonchev–Trinajstić information content (AvgIpc) is 2.70. The van der Waals surface area contributed by atoms with Gasteiger partial charge in [-0.15, -0.1) is 0 Å². The van der Waals surface area contributed by atoms with Crippen LogP contribution in [0, 0.1) is 20.2 Å². The van der Waals surface area contributed by atoms with Crippen molar-refractivity contribution in [2.24, 2.45) is 0 Å². The molecule has 2 aromatic rings. The Bertz CT molecular complexity index is 992. The molecule has 0 radical (unpaired) electrons. The van der Waals surface area contributed by atoms with Gasteiger partial charge in [0.2, 0.25) is 3.79 Å². The number of methoxy groups -OCH3 is 1. The summed E-state index contributed by atoms with van der Waals surface area (Å²) >= 11 is 24.1. The van der Waals surface area contributed by atoms with E-state index < -0.39 is 19.8 Å². The minimum Gasteiger partial charge on any atom is -0.495 e. The van der Waals surface area contributed by atoms with Crippen LogP contribution in [-0.2, 0) is 0 Å². The van der Waals surface area contributed by atoms with E-state index in [1.54, 1.807) is 6.07 Å². The predicted octanol–water partition coefficient (Wildman–Crippen LogP) is 4.79. The number of para-hydroxylation sites is 1. The number of nitro groups is 2. The highest BCUT2D eigenvalue weighted by Gasteiger charge is 2.34. The van der Waals surface area contributed by atoms with Gasteiger partial charge in [-0.25, -0.2) is 4.72 Å². The number of hydrogen-bond donors (Lipinski definition) is 3. The summed E-state index contributed by atoms with van der Waals surface area (Å²) in [6.45, 7) is 0. The SMILES string of the molecule is COc1ccc([N+](=O)[O-])cc1NC(=S)N[C@@H](NSc1ccccc1[N+](=O)[O-])C(Cl)(Cl)Cl. The van der Waals surface area contributed by atoms with Crippen molar-refractivity contribution < 1.29 is 14.6 Å². The second-order valence-corrected chi connectivity index (χ2v) is 9.32. The summed E-state index contributed by atoms with van der Waals surface area (Å²) < 4.78 is 6.02. The first-order valence-electron chi connectivity index (χ1n) is 8.15. The van der Waals surface area contributed by atoms with Crippen molar-refractivity contribution >= 4 is 81.1 Å². The number of hydrogen-bond acceptors (Lipinski definition) is 8. The molecule has 15 heteroatoms. The molecule has 0 amide bonds. The minimum absolute atomic E-state index is 0.0502. The standard InChI is InChI=1S/C16H14Cl3N5O5S2/c1-29-12-7-6-9(23(25)26)8-10(12)20-15(30)21-14(16(17,18)19)22-31-13-5-3-2-4-11(13)24(27)28/h2-8,14,22H,1H3,(H2,20,21,30)/t14-/m0/s1. The Hall–Kier alpha value is -2.09. The van der Waals surface area contributed by atoms with Crippen LogP contribution >= 0.6 is 59.0 Å². The summed E-state index contributed by atoms with van der Waals surface area (Å²) in [7, 11) is 1.39. The van der Waals surface area contributed by atoms with Gasteiger partial charge in [-0.3, -0.25) is 20.2 Å². The second kappa shape index (κ2) is 11.0. The van der Waals surface area contributed by atoms with Crippen LogP contribution in [0.25, 0.3) is 0 Å². The van der Waals surface area contributed by atoms with Crippen LogP contribution in [-0.4, -0.2) is 32.0 Å². The Balaban J connectivity index is 2.15. The molecular formula is C16H14Cl3N5O5S2. The number of non-ortho nitro benzene ring substituents is 1. The second-order valence-electron chi connectivity index (χ2n) is 5.66. The number of halogens is 3. The molecule has 0 aromatic heterocycles. The molecule has 0 aliphatic carbocycles. The Morgan fingerprint density at radius 3 is 2.42 bits per heavy atom. The van der Waals surface area contributed by atoms with Crippen molar-refractivity contribution in [1.82, 2.24) is 10.0 Å². The summed E-state index contributed by atoms with van der Waals surface area (Å²) in [6, 6.07) is 9.91. The van der Waals surface area contributed by atoms with Crippen LogP contribution in [0.5, 0.6) is 5.75 Å². The first kappa shape index (κ1) is 25.2. The fourth-order valence-electron chi connectivity index (χ4n) is 2.19. The fraction of sp³-hybridized carbons (Fsp3) is 0.188. The first-order valence-corrected chi connectivity index (χ1v) is 10.5. The van der Waals surface area contributed by atoms with Gasteiger partial charge >= 0.3 is 0 Å². The molecule has 0 saturated carbocycles. The maximum Gasteiger partial charge on any atom is 0.284 e. The van der Waals surface area contributed by atoms with Crippen LogP contribution in [0.3, 0.4) is 0 Å². The van der Waals surface area contributed by atoms with Crippen molar-refractivity contribution in [3.63, 3.8) is 0 Å². The molecule has 3 N–H and O–H groups in total. The number of nitrogens with zero attached hydrogens (tertiary/aromatic N) is 2. The monoisotopic (exact) mass is 525 g/mol. The van der Waals surface area contributed by atoms with E-state index in [1.807, 2.05) is 0 Å². The number of anilines is 1. The van der Waals surface area contributed by atoms with Crippen LogP contribution in [0.4, 0.5) is 17.1 Å². The molecule has 1 atom stereocenters. The molecule has 166 valence electrons. The van der Waals surface area contributed by atoms with E-state index in [9.17, 15) is 20.2 Å². The molecule has 10 nitrogen and oxygen atoms in total. The fourth-order valence-corrected chi connectivity index (χ4v) is 3.82. The van der Waals surface area contributed by atoms with E-state index in [-0.39, 0.29) is 27.1 Å². The lowest BCUT2D eigenvalue weighted by molar-refractivity contribution is -0.387. The van der Waals surface area contributed by atoms with Gasteiger partial charge in [0.25, 0.3) is 11.4 Å². The lowest BCUT2D eigenvalue weighted by Crippen LogP contribution is -2.52. The maximum atomic E-state index is 11.2. The van der Waals surface area contributed by atoms with Crippen LogP contribution in [0.1, 0.15) is 0 Å². The normalized spacial score (nSPS) is 12.0. The maximum absolute atomic E-state index is 11.2. The lowest BCUT2D eigenvalue weighted by Gasteiger charge is -2.27. The molecule has 0 spiro atoms. The Kier molecular flexibility index (Phi) is 8.91. The summed E-state index contributed by atoms with van der Waals surface area (Å²) in [5, 5.41) is 27.6. The highest BCUT2D eigenvalue weighted by Crippen LogP contribution is 2.33. The van der Waals surface area contributed by atoms with Crippen LogP contribution in [0.2, 0.25) is 0 Å². The molecule has 2 rings (SSSR count). The molecule has 0 fully saturated rings. The molecule has 2 aromatic carbocycles. The smallest absolute Gasteiger partial charge is 0.284 e. The van der Waals surface area contributed by atoms with Crippen LogP contribution in [0.15, 0.2) is 47.4 Å². The zero-order valence-corrected chi connectivity index (χ0v) is 19.4. The largest absolute Gasteiger partial charge is 0.495 e. The number of nitrogens with one attached hydrogen (secondary N) is 3. The van der Waals surface area contributed by atoms with E-state index in [0.717, 1.165) is 11.9 Å². The summed E-state index contributed by atoms with van der Waals surface area (Å²) in [5.41, 5.74) is -0.109. The zero-order valence-electron chi connectivity index (χ0n) is 15.5. The number of benzene rings is 2. The van der Waals surface area contributed by atoms with E-state index in [4.69, 9.17) is 51.8 Å². The summed E-state index contributed by atoms with van der Waals surface area (Å²) in [6.07, 6.45) is -1.10. The molecule has 31 heavy (non-hydrogen) atoms. The van der Waals surface area contributed by atoms with Gasteiger partial charge in [-0.2, -0.15) is 0 Å². The van der Waals surface area contributed by atoms with E-state index in [1.165, 1.54) is 43.5 Å². The van der Waals surface area contributed by atoms with Gasteiger partial charge in [-0.05, 0) is 36.3 Å². The zero-order chi connectivity index (χ0) is 23.2. The topological polar surface area (TPSA) is 132 Å². The van der Waals surface area contributed by atoms with Crippen molar-refractivity contribution in [3.8, 4) is 5.75 Å². The third kappa shape index (κ3) is 7.23. The van der Waals surface area contributed by atoms with Crippen molar-refractivity contribution in [1.29, 1.82) is 0 Å². The molecule has 0 aliphatic heterocycles. The Morgan fingerprint density at radius 1 is 1.16 bits per heavy atom. The Labute approximate surface area is 201 Å². The van der Waals surface area contributed by atoms with E-state index in [0.29, 0.717) is 5.75 Å². The van der Waals surface area contributed by atoms with Gasteiger partial charge in [0.05, 0.1) is 22.6 Å². The van der Waals surface area contributed by atoms with Crippen molar-refractivity contribution in [2.75, 3.05) is 12.4 Å². The number of alkyl halides is 3. The van der Waals surface area contributed by atoms with Crippen molar-refractivity contribution in [2.45, 2.75) is 14.9 Å². The van der Waals surface area contributed by atoms with Gasteiger partial charge in [0.1, 0.15) is 16.8 Å². The van der Waals surface area contributed by atoms with Gasteiger partial charge in [0, 0.05) is 18.2 Å². The van der Waals surface area contributed by atoms with E-state index in [2.05, 4.69) is 15.4 Å². The highest BCUT2D eigenvalue weighted by molar-refractivity contribution is 7.97. The summed E-state index contributed by atoms with van der Waals surface area (Å²) in [4.78, 5) is 21.4. The van der Waals surface area contributed by atoms with Crippen molar-refractivity contribution in [3.05, 3.63) is 62.7 Å². The number of rotatable bonds is 8. The molecular weight excluding hydrogens is 513 g/mol. The highest BCUT2D eigenvalue weighted by atomic mass is 35.6. The van der Waals surface area contributed by atoms with Gasteiger partial charge in [-0.1, -0.05) is 46.9 Å². The third-order valence-electron chi connectivity index (χ3n) is 3.59. The van der Waals surface area contributed by atoms with Gasteiger partial charge in [0.15, 0.2) is 5.11 Å². The Morgan fingerprint density at radius 2 is 1.84 bits per heavy atom. The minimum atomic E-state index is -1.92. The molecule has 0 bridgehead atoms. The molecule has 0 heterocycles. The lowest BCUT2D eigenvalue weighted by atomic mass is 10.2. The number of nitro benzene ring substituents is 2. The number of ether oxygens (including phenoxy) is 1. The predicted molar refractivity (Wildman–Crippen MR) is 125 cm³/mol. The van der Waals surface area contributed by atoms with E-state index >= 15 is 0 Å². The molecule has 0 unspecified atom stereocenters. The summed E-state index contributed by atoms with van der Waals surface area (Å²) in [5.74, 6) is 0.294. The molecule has 0 saturated heterocycles. The van der Waals surface area contributed by atoms with Gasteiger partial charge < -0.3 is 15.4 Å². The average molecular weight is 527 g/mol. The first-order chi connectivity index (χ1) is 14.5. The number of thiocarbonyl (C=S) groups is 1.